The third-order valence-electron chi connectivity index (χ3n) is 8.44. The summed E-state index contributed by atoms with van der Waals surface area (Å²) in [6.07, 6.45) is 3.02. The third kappa shape index (κ3) is 4.12. The summed E-state index contributed by atoms with van der Waals surface area (Å²) in [6, 6.07) is 5.08. The van der Waals surface area contributed by atoms with Crippen molar-refractivity contribution in [2.75, 3.05) is 0 Å². The van der Waals surface area contributed by atoms with Crippen LogP contribution in [-0.2, 0) is 16.0 Å². The predicted octanol–water partition coefficient (Wildman–Crippen LogP) is 4.04. The van der Waals surface area contributed by atoms with Crippen LogP contribution in [0.2, 0.25) is 0 Å². The van der Waals surface area contributed by atoms with Crippen LogP contribution in [0.4, 0.5) is 0 Å². The summed E-state index contributed by atoms with van der Waals surface area (Å²) in [5.41, 5.74) is -1.00. The van der Waals surface area contributed by atoms with Gasteiger partial charge in [0.1, 0.15) is 11.5 Å². The molecule has 6 nitrogen and oxygen atoms in total. The number of ether oxygens (including phenoxy) is 2. The summed E-state index contributed by atoms with van der Waals surface area (Å²) in [5, 5.41) is 21.9. The van der Waals surface area contributed by atoms with E-state index >= 15 is 0 Å². The molecular formula is C25H36O6. The first-order valence-electron chi connectivity index (χ1n) is 11.2. The van der Waals surface area contributed by atoms with Crippen molar-refractivity contribution in [3.63, 3.8) is 0 Å². The molecule has 6 atom stereocenters. The molecule has 0 spiro atoms. The normalized spacial score (nSPS) is 37.6. The summed E-state index contributed by atoms with van der Waals surface area (Å²) in [4.78, 5) is 23.2. The van der Waals surface area contributed by atoms with Gasteiger partial charge in [-0.2, -0.15) is 0 Å². The summed E-state index contributed by atoms with van der Waals surface area (Å²) < 4.78 is 10.8. The maximum atomic E-state index is 11.7. The molecule has 0 aromatic heterocycles. The van der Waals surface area contributed by atoms with Crippen molar-refractivity contribution in [2.45, 2.75) is 85.4 Å². The van der Waals surface area contributed by atoms with Crippen molar-refractivity contribution in [1.82, 2.24) is 0 Å². The first kappa shape index (κ1) is 23.7. The number of rotatable bonds is 4. The standard InChI is InChI=1S/C25H36O6/c1-15-11-12-24(5)21(9-10-22(28)25(24,6)29)23(15,4)14-18-13-19(30-16(2)26)7-8-20(18)31-17(3)27/h7-8,13,15,21-22,28-29H,9-12,14H2,1-6H3/t15-,21-,22+,23-,24-,25+/m1/s1. The maximum Gasteiger partial charge on any atom is 0.308 e. The molecule has 1 aromatic carbocycles. The van der Waals surface area contributed by atoms with Crippen LogP contribution in [0.5, 0.6) is 11.5 Å². The smallest absolute Gasteiger partial charge is 0.308 e. The lowest BCUT2D eigenvalue weighted by molar-refractivity contribution is -0.234. The molecular weight excluding hydrogens is 396 g/mol. The zero-order valence-corrected chi connectivity index (χ0v) is 19.5. The zero-order valence-electron chi connectivity index (χ0n) is 19.5. The Balaban J connectivity index is 2.04. The van der Waals surface area contributed by atoms with Gasteiger partial charge in [-0.15, -0.1) is 0 Å². The fourth-order valence-corrected chi connectivity index (χ4v) is 6.22. The van der Waals surface area contributed by atoms with Crippen LogP contribution in [0, 0.1) is 22.7 Å². The Morgan fingerprint density at radius 2 is 1.71 bits per heavy atom. The van der Waals surface area contributed by atoms with Gasteiger partial charge < -0.3 is 19.7 Å². The van der Waals surface area contributed by atoms with Crippen LogP contribution >= 0.6 is 0 Å². The molecule has 1 aromatic rings. The van der Waals surface area contributed by atoms with Crippen LogP contribution in [-0.4, -0.2) is 33.9 Å². The van der Waals surface area contributed by atoms with Gasteiger partial charge in [0.25, 0.3) is 0 Å². The van der Waals surface area contributed by atoms with Crippen molar-refractivity contribution in [3.8, 4) is 11.5 Å². The highest BCUT2D eigenvalue weighted by atomic mass is 16.5. The van der Waals surface area contributed by atoms with Crippen LogP contribution in [0.3, 0.4) is 0 Å². The maximum absolute atomic E-state index is 11.7. The molecule has 0 bridgehead atoms. The van der Waals surface area contributed by atoms with Crippen molar-refractivity contribution in [3.05, 3.63) is 23.8 Å². The summed E-state index contributed by atoms with van der Waals surface area (Å²) >= 11 is 0. The van der Waals surface area contributed by atoms with E-state index in [0.29, 0.717) is 30.3 Å². The fourth-order valence-electron chi connectivity index (χ4n) is 6.22. The van der Waals surface area contributed by atoms with E-state index in [0.717, 1.165) is 24.8 Å². The van der Waals surface area contributed by atoms with Crippen LogP contribution in [0.1, 0.15) is 72.8 Å². The summed E-state index contributed by atoms with van der Waals surface area (Å²) in [5.74, 6) is 0.597. The molecule has 2 N–H and O–H groups in total. The minimum absolute atomic E-state index is 0.171. The van der Waals surface area contributed by atoms with E-state index in [9.17, 15) is 19.8 Å². The topological polar surface area (TPSA) is 93.1 Å². The SMILES string of the molecule is CC(=O)Oc1ccc(OC(C)=O)c(C[C@]2(C)[C@H](C)CC[C@]3(C)[C@@H]2CC[C@H](O)[C@]3(C)O)c1. The highest BCUT2D eigenvalue weighted by molar-refractivity contribution is 5.71. The quantitative estimate of drug-likeness (QED) is 0.551. The lowest BCUT2D eigenvalue weighted by atomic mass is 9.43. The first-order chi connectivity index (χ1) is 14.3. The van der Waals surface area contributed by atoms with Gasteiger partial charge in [0, 0.05) is 19.3 Å². The second kappa shape index (κ2) is 8.21. The Morgan fingerprint density at radius 1 is 1.06 bits per heavy atom. The van der Waals surface area contributed by atoms with Crippen molar-refractivity contribution in [2.24, 2.45) is 22.7 Å². The lowest BCUT2D eigenvalue weighted by Crippen LogP contribution is -2.65. The van der Waals surface area contributed by atoms with E-state index in [1.807, 2.05) is 0 Å². The van der Waals surface area contributed by atoms with Gasteiger partial charge in [0.05, 0.1) is 11.7 Å². The van der Waals surface area contributed by atoms with E-state index in [2.05, 4.69) is 20.8 Å². The molecule has 6 heteroatoms. The van der Waals surface area contributed by atoms with Gasteiger partial charge in [-0.1, -0.05) is 20.8 Å². The molecule has 172 valence electrons. The highest BCUT2D eigenvalue weighted by Crippen LogP contribution is 2.64. The van der Waals surface area contributed by atoms with E-state index in [-0.39, 0.29) is 11.3 Å². The number of hydrogen-bond acceptors (Lipinski definition) is 6. The number of esters is 2. The van der Waals surface area contributed by atoms with Gasteiger partial charge in [-0.3, -0.25) is 9.59 Å². The van der Waals surface area contributed by atoms with Gasteiger partial charge in [0.15, 0.2) is 0 Å². The number of aliphatic hydroxyl groups excluding tert-OH is 1. The Bertz CT molecular complexity index is 862. The highest BCUT2D eigenvalue weighted by Gasteiger charge is 2.62. The third-order valence-corrected chi connectivity index (χ3v) is 8.44. The number of fused-ring (bicyclic) bond motifs is 1. The average molecular weight is 433 g/mol. The molecule has 2 aliphatic rings. The largest absolute Gasteiger partial charge is 0.427 e. The molecule has 31 heavy (non-hydrogen) atoms. The van der Waals surface area contributed by atoms with Crippen LogP contribution in [0.15, 0.2) is 18.2 Å². The number of carbonyl (C=O) groups excluding carboxylic acids is 2. The monoisotopic (exact) mass is 432 g/mol. The molecule has 0 amide bonds. The number of carbonyl (C=O) groups is 2. The van der Waals surface area contributed by atoms with Crippen molar-refractivity contribution < 1.29 is 29.3 Å². The minimum atomic E-state index is -1.17. The predicted molar refractivity (Wildman–Crippen MR) is 117 cm³/mol. The second-order valence-corrected chi connectivity index (χ2v) is 10.3. The Morgan fingerprint density at radius 3 is 2.32 bits per heavy atom. The van der Waals surface area contributed by atoms with E-state index in [1.165, 1.54) is 13.8 Å². The molecule has 0 aliphatic heterocycles. The van der Waals surface area contributed by atoms with Gasteiger partial charge >= 0.3 is 11.9 Å². The Hall–Kier alpha value is -1.92. The molecule has 2 aliphatic carbocycles. The summed E-state index contributed by atoms with van der Waals surface area (Å²) in [6.45, 7) is 11.1. The summed E-state index contributed by atoms with van der Waals surface area (Å²) in [7, 11) is 0. The van der Waals surface area contributed by atoms with E-state index in [4.69, 9.17) is 9.47 Å². The van der Waals surface area contributed by atoms with Crippen LogP contribution in [0.25, 0.3) is 0 Å². The van der Waals surface area contributed by atoms with Crippen molar-refractivity contribution in [1.29, 1.82) is 0 Å². The molecule has 0 saturated heterocycles. The van der Waals surface area contributed by atoms with E-state index in [1.54, 1.807) is 25.1 Å². The Labute approximate surface area is 184 Å². The number of benzene rings is 1. The average Bonchev–Trinajstić information content (AvgIpc) is 2.65. The first-order valence-corrected chi connectivity index (χ1v) is 11.2. The lowest BCUT2D eigenvalue weighted by Gasteiger charge is -2.64. The second-order valence-electron chi connectivity index (χ2n) is 10.3. The number of aliphatic hydroxyl groups is 2. The molecule has 0 radical (unpaired) electrons. The van der Waals surface area contributed by atoms with Crippen molar-refractivity contribution >= 4 is 11.9 Å². The molecule has 2 saturated carbocycles. The zero-order chi connectivity index (χ0) is 23.2. The minimum Gasteiger partial charge on any atom is -0.427 e. The Kier molecular flexibility index (Phi) is 6.29. The van der Waals surface area contributed by atoms with Gasteiger partial charge in [-0.05, 0) is 80.0 Å². The van der Waals surface area contributed by atoms with Gasteiger partial charge in [0.2, 0.25) is 0 Å². The fraction of sp³-hybridized carbons (Fsp3) is 0.680. The van der Waals surface area contributed by atoms with E-state index < -0.39 is 29.1 Å². The molecule has 0 unspecified atom stereocenters. The molecule has 3 rings (SSSR count). The van der Waals surface area contributed by atoms with Crippen LogP contribution < -0.4 is 9.47 Å². The molecule has 0 heterocycles. The number of hydrogen-bond donors (Lipinski definition) is 2. The molecule has 2 fully saturated rings. The van der Waals surface area contributed by atoms with Gasteiger partial charge in [-0.25, -0.2) is 0 Å².